The zero-order valence-corrected chi connectivity index (χ0v) is 10.9. The number of benzene rings is 2. The van der Waals surface area contributed by atoms with E-state index in [1.165, 1.54) is 0 Å². The molecule has 0 aromatic heterocycles. The number of alkyl halides is 3. The van der Waals surface area contributed by atoms with Crippen LogP contribution >= 0.6 is 0 Å². The van der Waals surface area contributed by atoms with Gasteiger partial charge in [0.05, 0.1) is 17.4 Å². The second-order valence-corrected chi connectivity index (χ2v) is 4.50. The van der Waals surface area contributed by atoms with Crippen LogP contribution in [-0.4, -0.2) is 11.7 Å². The second-order valence-electron chi connectivity index (χ2n) is 4.50. The fraction of sp³-hybridized carbons (Fsp3) is 0.200. The first-order valence-corrected chi connectivity index (χ1v) is 6.21. The highest BCUT2D eigenvalue weighted by Gasteiger charge is 2.31. The summed E-state index contributed by atoms with van der Waals surface area (Å²) in [4.78, 5) is 0. The molecule has 2 aromatic rings. The number of hydrogen-bond donors (Lipinski definition) is 2. The molecule has 2 nitrogen and oxygen atoms in total. The lowest BCUT2D eigenvalue weighted by atomic mass is 10.1. The van der Waals surface area contributed by atoms with Crippen LogP contribution in [0.1, 0.15) is 17.2 Å². The van der Waals surface area contributed by atoms with Gasteiger partial charge in [-0.3, -0.25) is 0 Å². The number of rotatable bonds is 4. The van der Waals surface area contributed by atoms with Crippen molar-refractivity contribution >= 4 is 5.69 Å². The summed E-state index contributed by atoms with van der Waals surface area (Å²) < 4.78 is 51.2. The van der Waals surface area contributed by atoms with E-state index in [-0.39, 0.29) is 12.2 Å². The molecule has 0 aliphatic heterocycles. The van der Waals surface area contributed by atoms with Gasteiger partial charge >= 0.3 is 6.18 Å². The van der Waals surface area contributed by atoms with Crippen LogP contribution in [0.3, 0.4) is 0 Å². The van der Waals surface area contributed by atoms with Crippen molar-refractivity contribution in [2.45, 2.75) is 12.3 Å². The Bertz CT molecular complexity index is 598. The molecule has 0 heterocycles. The summed E-state index contributed by atoms with van der Waals surface area (Å²) >= 11 is 0. The van der Waals surface area contributed by atoms with Crippen LogP contribution in [-0.2, 0) is 6.18 Å². The molecule has 2 N–H and O–H groups in total. The summed E-state index contributed by atoms with van der Waals surface area (Å²) in [7, 11) is 0. The van der Waals surface area contributed by atoms with E-state index in [0.717, 1.165) is 6.07 Å². The van der Waals surface area contributed by atoms with Gasteiger partial charge in [0, 0.05) is 6.54 Å². The molecule has 0 fully saturated rings. The Morgan fingerprint density at radius 2 is 1.71 bits per heavy atom. The molecule has 2 aromatic carbocycles. The van der Waals surface area contributed by atoms with Gasteiger partial charge in [0.25, 0.3) is 0 Å². The summed E-state index contributed by atoms with van der Waals surface area (Å²) in [6.45, 7) is -0.0950. The number of nitrogens with one attached hydrogen (secondary N) is 1. The minimum Gasteiger partial charge on any atom is -0.387 e. The summed E-state index contributed by atoms with van der Waals surface area (Å²) in [5.41, 5.74) is -0.641. The third-order valence-corrected chi connectivity index (χ3v) is 2.96. The lowest BCUT2D eigenvalue weighted by Crippen LogP contribution is -2.14. The molecule has 0 saturated carbocycles. The van der Waals surface area contributed by atoms with Crippen molar-refractivity contribution in [2.75, 3.05) is 11.9 Å². The molecule has 21 heavy (non-hydrogen) atoms. The van der Waals surface area contributed by atoms with Gasteiger partial charge in [0.2, 0.25) is 0 Å². The van der Waals surface area contributed by atoms with Crippen LogP contribution < -0.4 is 5.32 Å². The highest BCUT2D eigenvalue weighted by Crippen LogP contribution is 2.32. The Morgan fingerprint density at radius 3 is 2.33 bits per heavy atom. The molecule has 1 unspecified atom stereocenters. The Kier molecular flexibility index (Phi) is 4.47. The van der Waals surface area contributed by atoms with Gasteiger partial charge in [-0.15, -0.1) is 0 Å². The topological polar surface area (TPSA) is 32.3 Å². The largest absolute Gasteiger partial charge is 0.416 e. The minimum absolute atomic E-state index is 0.0950. The average molecular weight is 299 g/mol. The molecule has 1 atom stereocenters. The molecule has 0 saturated heterocycles. The van der Waals surface area contributed by atoms with E-state index < -0.39 is 23.7 Å². The van der Waals surface area contributed by atoms with Crippen LogP contribution in [0, 0.1) is 5.82 Å². The third-order valence-electron chi connectivity index (χ3n) is 2.96. The van der Waals surface area contributed by atoms with Gasteiger partial charge in [-0.05, 0) is 23.8 Å². The quantitative estimate of drug-likeness (QED) is 0.837. The first kappa shape index (κ1) is 15.3. The smallest absolute Gasteiger partial charge is 0.387 e. The van der Waals surface area contributed by atoms with Crippen molar-refractivity contribution in [1.29, 1.82) is 0 Å². The standard InChI is InChI=1S/C15H13F4NO/c16-12-7-6-11(15(17,18)19)8-13(12)20-9-14(21)10-4-2-1-3-5-10/h1-8,14,20-21H,9H2. The Hall–Kier alpha value is -2.08. The fourth-order valence-electron chi connectivity index (χ4n) is 1.84. The molecule has 0 spiro atoms. The van der Waals surface area contributed by atoms with Gasteiger partial charge in [-0.25, -0.2) is 4.39 Å². The van der Waals surface area contributed by atoms with Crippen LogP contribution in [0.25, 0.3) is 0 Å². The molecule has 0 amide bonds. The number of halogens is 4. The number of hydrogen-bond acceptors (Lipinski definition) is 2. The van der Waals surface area contributed by atoms with Gasteiger partial charge in [-0.1, -0.05) is 30.3 Å². The van der Waals surface area contributed by atoms with Crippen molar-refractivity contribution < 1.29 is 22.7 Å². The lowest BCUT2D eigenvalue weighted by molar-refractivity contribution is -0.137. The van der Waals surface area contributed by atoms with Gasteiger partial charge in [0.15, 0.2) is 0 Å². The van der Waals surface area contributed by atoms with E-state index >= 15 is 0 Å². The molecule has 2 rings (SSSR count). The Balaban J connectivity index is 2.09. The lowest BCUT2D eigenvalue weighted by Gasteiger charge is -2.15. The summed E-state index contributed by atoms with van der Waals surface area (Å²) in [6, 6.07) is 10.7. The SMILES string of the molecule is OC(CNc1cc(C(F)(F)F)ccc1F)c1ccccc1. The van der Waals surface area contributed by atoms with Crippen molar-refractivity contribution in [3.8, 4) is 0 Å². The highest BCUT2D eigenvalue weighted by atomic mass is 19.4. The molecule has 0 aliphatic rings. The molecule has 0 radical (unpaired) electrons. The molecule has 0 bridgehead atoms. The summed E-state index contributed by atoms with van der Waals surface area (Å²) in [5.74, 6) is -0.803. The zero-order valence-electron chi connectivity index (χ0n) is 10.9. The molecule has 0 aliphatic carbocycles. The van der Waals surface area contributed by atoms with Crippen molar-refractivity contribution in [3.63, 3.8) is 0 Å². The van der Waals surface area contributed by atoms with E-state index in [9.17, 15) is 22.7 Å². The molecule has 112 valence electrons. The van der Waals surface area contributed by atoms with Crippen molar-refractivity contribution in [1.82, 2.24) is 0 Å². The van der Waals surface area contributed by atoms with E-state index in [0.29, 0.717) is 17.7 Å². The molecular weight excluding hydrogens is 286 g/mol. The van der Waals surface area contributed by atoms with Crippen LogP contribution in [0.15, 0.2) is 48.5 Å². The first-order chi connectivity index (χ1) is 9.88. The number of anilines is 1. The highest BCUT2D eigenvalue weighted by molar-refractivity contribution is 5.48. The van der Waals surface area contributed by atoms with Crippen molar-refractivity contribution in [3.05, 3.63) is 65.5 Å². The maximum absolute atomic E-state index is 13.5. The van der Waals surface area contributed by atoms with Gasteiger partial charge < -0.3 is 10.4 Å². The first-order valence-electron chi connectivity index (χ1n) is 6.21. The normalized spacial score (nSPS) is 13.0. The number of aliphatic hydroxyl groups is 1. The minimum atomic E-state index is -4.54. The summed E-state index contributed by atoms with van der Waals surface area (Å²) in [5, 5.41) is 12.4. The Morgan fingerprint density at radius 1 is 1.05 bits per heavy atom. The summed E-state index contributed by atoms with van der Waals surface area (Å²) in [6.07, 6.45) is -5.48. The van der Waals surface area contributed by atoms with Crippen molar-refractivity contribution in [2.24, 2.45) is 0 Å². The average Bonchev–Trinajstić information content (AvgIpc) is 2.45. The maximum Gasteiger partial charge on any atom is 0.416 e. The van der Waals surface area contributed by atoms with E-state index in [2.05, 4.69) is 5.32 Å². The predicted molar refractivity (Wildman–Crippen MR) is 71.3 cm³/mol. The maximum atomic E-state index is 13.5. The fourth-order valence-corrected chi connectivity index (χ4v) is 1.84. The van der Waals surface area contributed by atoms with Crippen LogP contribution in [0.4, 0.5) is 23.2 Å². The van der Waals surface area contributed by atoms with Gasteiger partial charge in [-0.2, -0.15) is 13.2 Å². The predicted octanol–water partition coefficient (Wildman–Crippen LogP) is 3.99. The monoisotopic (exact) mass is 299 g/mol. The number of aliphatic hydroxyl groups excluding tert-OH is 1. The van der Waals surface area contributed by atoms with E-state index in [1.807, 2.05) is 0 Å². The third kappa shape index (κ3) is 3.95. The second kappa shape index (κ2) is 6.13. The van der Waals surface area contributed by atoms with E-state index in [1.54, 1.807) is 30.3 Å². The molecular formula is C15H13F4NO. The van der Waals surface area contributed by atoms with Crippen LogP contribution in [0.5, 0.6) is 0 Å². The zero-order chi connectivity index (χ0) is 15.5. The van der Waals surface area contributed by atoms with E-state index in [4.69, 9.17) is 0 Å². The van der Waals surface area contributed by atoms with Gasteiger partial charge in [0.1, 0.15) is 5.82 Å². The van der Waals surface area contributed by atoms with Crippen LogP contribution in [0.2, 0.25) is 0 Å². The Labute approximate surface area is 119 Å². The molecule has 6 heteroatoms.